The van der Waals surface area contributed by atoms with E-state index in [9.17, 15) is 5.11 Å². The number of phenols is 1. The van der Waals surface area contributed by atoms with Gasteiger partial charge in [0, 0.05) is 10.0 Å². The van der Waals surface area contributed by atoms with E-state index in [0.29, 0.717) is 17.3 Å². The summed E-state index contributed by atoms with van der Waals surface area (Å²) in [6, 6.07) is 11.2. The molecule has 0 fully saturated rings. The lowest BCUT2D eigenvalue weighted by Crippen LogP contribution is -2.31. The van der Waals surface area contributed by atoms with E-state index in [4.69, 9.17) is 10.5 Å². The van der Waals surface area contributed by atoms with Crippen molar-refractivity contribution < 1.29 is 9.84 Å². The number of halogens is 1. The predicted octanol–water partition coefficient (Wildman–Crippen LogP) is 2.80. The van der Waals surface area contributed by atoms with E-state index in [0.717, 1.165) is 15.5 Å². The SMILES string of the molecule is COc1cc(Br)cc([C@@H]2N=C(N)Nc3nc4ccccc4n32)c1O. The number of anilines is 1. The van der Waals surface area contributed by atoms with Crippen molar-refractivity contribution in [2.75, 3.05) is 12.4 Å². The molecule has 4 rings (SSSR count). The summed E-state index contributed by atoms with van der Waals surface area (Å²) >= 11 is 3.44. The maximum Gasteiger partial charge on any atom is 0.212 e. The van der Waals surface area contributed by atoms with E-state index in [2.05, 4.69) is 31.2 Å². The highest BCUT2D eigenvalue weighted by Crippen LogP contribution is 2.41. The molecule has 1 aliphatic heterocycles. The number of benzene rings is 2. The first-order valence-corrected chi connectivity index (χ1v) is 8.01. The number of para-hydroxylation sites is 2. The molecule has 4 N–H and O–H groups in total. The van der Waals surface area contributed by atoms with Crippen LogP contribution in [0.15, 0.2) is 45.9 Å². The summed E-state index contributed by atoms with van der Waals surface area (Å²) in [5.41, 5.74) is 8.19. The Labute approximate surface area is 145 Å². The quantitative estimate of drug-likeness (QED) is 0.627. The molecule has 8 heteroatoms. The van der Waals surface area contributed by atoms with Gasteiger partial charge in [0.05, 0.1) is 18.1 Å². The van der Waals surface area contributed by atoms with Crippen LogP contribution < -0.4 is 15.8 Å². The molecule has 7 nitrogen and oxygen atoms in total. The number of methoxy groups -OCH3 is 1. The third-order valence-corrected chi connectivity index (χ3v) is 4.37. The molecule has 0 saturated carbocycles. The number of guanidine groups is 1. The standard InChI is InChI=1S/C16H14BrN5O2/c1-24-12-7-8(17)6-9(13(12)23)14-20-15(18)21-16-19-10-4-2-3-5-11(10)22(14)16/h2-7,14,23H,1H3,(H3,18,19,20,21)/t14-/m1/s1. The number of nitrogens with zero attached hydrogens (tertiary/aromatic N) is 3. The summed E-state index contributed by atoms with van der Waals surface area (Å²) in [6.45, 7) is 0. The average Bonchev–Trinajstić information content (AvgIpc) is 2.93. The number of ether oxygens (including phenoxy) is 1. The number of hydrogen-bond acceptors (Lipinski definition) is 6. The molecule has 24 heavy (non-hydrogen) atoms. The van der Waals surface area contributed by atoms with Gasteiger partial charge in [0.1, 0.15) is 0 Å². The van der Waals surface area contributed by atoms with Crippen molar-refractivity contribution in [3.05, 3.63) is 46.4 Å². The zero-order valence-corrected chi connectivity index (χ0v) is 14.3. The number of imidazole rings is 1. The van der Waals surface area contributed by atoms with Crippen LogP contribution in [-0.2, 0) is 0 Å². The Morgan fingerprint density at radius 1 is 1.33 bits per heavy atom. The smallest absolute Gasteiger partial charge is 0.212 e. The van der Waals surface area contributed by atoms with Crippen molar-refractivity contribution >= 4 is 38.9 Å². The van der Waals surface area contributed by atoms with E-state index in [-0.39, 0.29) is 11.7 Å². The molecule has 0 spiro atoms. The fraction of sp³-hybridized carbons (Fsp3) is 0.125. The number of nitrogens with one attached hydrogen (secondary N) is 1. The third-order valence-electron chi connectivity index (χ3n) is 3.91. The summed E-state index contributed by atoms with van der Waals surface area (Å²) in [7, 11) is 1.50. The highest BCUT2D eigenvalue weighted by atomic mass is 79.9. The van der Waals surface area contributed by atoms with Crippen LogP contribution >= 0.6 is 15.9 Å². The van der Waals surface area contributed by atoms with Crippen LogP contribution in [0.1, 0.15) is 11.7 Å². The van der Waals surface area contributed by atoms with Crippen LogP contribution in [0.25, 0.3) is 11.0 Å². The lowest BCUT2D eigenvalue weighted by molar-refractivity contribution is 0.367. The van der Waals surface area contributed by atoms with Crippen LogP contribution in [-0.4, -0.2) is 27.7 Å². The van der Waals surface area contributed by atoms with Gasteiger partial charge >= 0.3 is 0 Å². The number of nitrogens with two attached hydrogens (primary N) is 1. The molecule has 0 radical (unpaired) electrons. The molecule has 1 atom stereocenters. The highest BCUT2D eigenvalue weighted by Gasteiger charge is 2.28. The summed E-state index contributed by atoms with van der Waals surface area (Å²) in [5, 5.41) is 13.5. The number of aromatic nitrogens is 2. The van der Waals surface area contributed by atoms with E-state index in [1.807, 2.05) is 28.8 Å². The Morgan fingerprint density at radius 3 is 2.92 bits per heavy atom. The van der Waals surface area contributed by atoms with Crippen LogP contribution in [0.2, 0.25) is 0 Å². The van der Waals surface area contributed by atoms with Gasteiger partial charge < -0.3 is 15.6 Å². The average molecular weight is 388 g/mol. The van der Waals surface area contributed by atoms with Crippen molar-refractivity contribution in [2.45, 2.75) is 6.17 Å². The largest absolute Gasteiger partial charge is 0.504 e. The monoisotopic (exact) mass is 387 g/mol. The maximum absolute atomic E-state index is 10.6. The molecule has 1 aromatic heterocycles. The van der Waals surface area contributed by atoms with E-state index < -0.39 is 6.17 Å². The second kappa shape index (κ2) is 5.41. The molecular formula is C16H14BrN5O2. The molecule has 0 saturated heterocycles. The van der Waals surface area contributed by atoms with E-state index >= 15 is 0 Å². The van der Waals surface area contributed by atoms with Gasteiger partial charge in [-0.05, 0) is 24.3 Å². The molecular weight excluding hydrogens is 374 g/mol. The van der Waals surface area contributed by atoms with Crippen molar-refractivity contribution in [1.29, 1.82) is 0 Å². The minimum Gasteiger partial charge on any atom is -0.504 e. The fourth-order valence-corrected chi connectivity index (χ4v) is 3.33. The Hall–Kier alpha value is -2.74. The van der Waals surface area contributed by atoms with E-state index in [1.54, 1.807) is 12.1 Å². The molecule has 2 heterocycles. The summed E-state index contributed by atoms with van der Waals surface area (Å²) < 4.78 is 7.91. The molecule has 122 valence electrons. The second-order valence-electron chi connectivity index (χ2n) is 5.35. The first kappa shape index (κ1) is 14.8. The maximum atomic E-state index is 10.6. The van der Waals surface area contributed by atoms with Crippen molar-refractivity contribution in [3.8, 4) is 11.5 Å². The van der Waals surface area contributed by atoms with Gasteiger partial charge in [-0.3, -0.25) is 9.88 Å². The van der Waals surface area contributed by atoms with Gasteiger partial charge in [-0.1, -0.05) is 28.1 Å². The zero-order valence-electron chi connectivity index (χ0n) is 12.7. The molecule has 0 aliphatic carbocycles. The number of phenolic OH excluding ortho intramolecular Hbond substituents is 1. The van der Waals surface area contributed by atoms with Gasteiger partial charge in [-0.2, -0.15) is 0 Å². The lowest BCUT2D eigenvalue weighted by atomic mass is 10.1. The Balaban J connectivity index is 2.00. The van der Waals surface area contributed by atoms with Gasteiger partial charge in [0.15, 0.2) is 23.6 Å². The van der Waals surface area contributed by atoms with E-state index in [1.165, 1.54) is 7.11 Å². The number of hydrogen-bond donors (Lipinski definition) is 3. The molecule has 0 unspecified atom stereocenters. The van der Waals surface area contributed by atoms with Gasteiger partial charge in [-0.15, -0.1) is 0 Å². The molecule has 3 aromatic rings. The Morgan fingerprint density at radius 2 is 2.12 bits per heavy atom. The minimum absolute atomic E-state index is 0.0212. The summed E-state index contributed by atoms with van der Waals surface area (Å²) in [5.74, 6) is 1.19. The Kier molecular flexibility index (Phi) is 3.34. The predicted molar refractivity (Wildman–Crippen MR) is 95.5 cm³/mol. The van der Waals surface area contributed by atoms with Crippen molar-refractivity contribution in [2.24, 2.45) is 10.7 Å². The van der Waals surface area contributed by atoms with Crippen LogP contribution in [0.5, 0.6) is 11.5 Å². The van der Waals surface area contributed by atoms with Crippen molar-refractivity contribution in [1.82, 2.24) is 9.55 Å². The highest BCUT2D eigenvalue weighted by molar-refractivity contribution is 9.10. The summed E-state index contributed by atoms with van der Waals surface area (Å²) in [4.78, 5) is 9.00. The Bertz CT molecular complexity index is 982. The van der Waals surface area contributed by atoms with Crippen LogP contribution in [0.4, 0.5) is 5.95 Å². The number of fused-ring (bicyclic) bond motifs is 3. The normalized spacial score (nSPS) is 16.4. The first-order chi connectivity index (χ1) is 11.6. The summed E-state index contributed by atoms with van der Waals surface area (Å²) in [6.07, 6.45) is -0.556. The fourth-order valence-electron chi connectivity index (χ4n) is 2.87. The molecule has 1 aliphatic rings. The molecule has 0 bridgehead atoms. The third kappa shape index (κ3) is 2.18. The van der Waals surface area contributed by atoms with Crippen LogP contribution in [0.3, 0.4) is 0 Å². The topological polar surface area (TPSA) is 97.7 Å². The zero-order chi connectivity index (χ0) is 16.8. The number of aromatic hydroxyl groups is 1. The minimum atomic E-state index is -0.556. The van der Waals surface area contributed by atoms with Gasteiger partial charge in [0.2, 0.25) is 5.95 Å². The van der Waals surface area contributed by atoms with Crippen LogP contribution in [0, 0.1) is 0 Å². The molecule has 0 amide bonds. The second-order valence-corrected chi connectivity index (χ2v) is 6.27. The van der Waals surface area contributed by atoms with Gasteiger partial charge in [-0.25, -0.2) is 9.98 Å². The van der Waals surface area contributed by atoms with Crippen molar-refractivity contribution in [3.63, 3.8) is 0 Å². The molecule has 2 aromatic carbocycles. The lowest BCUT2D eigenvalue weighted by Gasteiger charge is -2.25. The van der Waals surface area contributed by atoms with Gasteiger partial charge in [0.25, 0.3) is 0 Å². The number of aliphatic imine (C=N–C) groups is 1. The number of rotatable bonds is 2. The first-order valence-electron chi connectivity index (χ1n) is 7.22.